The van der Waals surface area contributed by atoms with Gasteiger partial charge < -0.3 is 10.5 Å². The van der Waals surface area contributed by atoms with Crippen LogP contribution in [0.15, 0.2) is 24.3 Å². The second-order valence-corrected chi connectivity index (χ2v) is 6.01. The number of methoxy groups -OCH3 is 1. The van der Waals surface area contributed by atoms with Gasteiger partial charge in [0.2, 0.25) is 0 Å². The lowest BCUT2D eigenvalue weighted by Crippen LogP contribution is -2.15. The van der Waals surface area contributed by atoms with Crippen LogP contribution in [0.5, 0.6) is 5.75 Å². The Morgan fingerprint density at radius 2 is 1.85 bits per heavy atom. The maximum atomic E-state index is 6.14. The molecule has 0 bridgehead atoms. The molecule has 0 amide bonds. The zero-order valence-electron chi connectivity index (χ0n) is 12.1. The van der Waals surface area contributed by atoms with E-state index in [0.717, 1.165) is 11.3 Å². The maximum absolute atomic E-state index is 6.14. The summed E-state index contributed by atoms with van der Waals surface area (Å²) >= 11 is 6.14. The van der Waals surface area contributed by atoms with E-state index >= 15 is 0 Å². The molecule has 2 rings (SSSR count). The van der Waals surface area contributed by atoms with Gasteiger partial charge in [-0.2, -0.15) is 0 Å². The molecular formula is C15H18ClN3O. The Bertz CT molecular complexity index is 636. The molecule has 0 saturated carbocycles. The van der Waals surface area contributed by atoms with Gasteiger partial charge in [0.05, 0.1) is 17.8 Å². The Morgan fingerprint density at radius 3 is 2.40 bits per heavy atom. The molecule has 0 unspecified atom stereocenters. The van der Waals surface area contributed by atoms with Gasteiger partial charge in [-0.15, -0.1) is 0 Å². The predicted octanol–water partition coefficient (Wildman–Crippen LogP) is 3.69. The molecule has 106 valence electrons. The average Bonchev–Trinajstić information content (AvgIpc) is 2.37. The van der Waals surface area contributed by atoms with Crippen molar-refractivity contribution in [2.75, 3.05) is 12.8 Å². The zero-order chi connectivity index (χ0) is 14.9. The highest BCUT2D eigenvalue weighted by molar-refractivity contribution is 6.32. The predicted molar refractivity (Wildman–Crippen MR) is 82.1 cm³/mol. The Morgan fingerprint density at radius 1 is 1.15 bits per heavy atom. The average molecular weight is 292 g/mol. The molecule has 4 nitrogen and oxygen atoms in total. The van der Waals surface area contributed by atoms with Crippen LogP contribution in [-0.4, -0.2) is 17.1 Å². The molecule has 0 spiro atoms. The van der Waals surface area contributed by atoms with Gasteiger partial charge in [0.25, 0.3) is 0 Å². The van der Waals surface area contributed by atoms with Crippen molar-refractivity contribution >= 4 is 17.4 Å². The van der Waals surface area contributed by atoms with Crippen LogP contribution in [-0.2, 0) is 5.41 Å². The van der Waals surface area contributed by atoms with Crippen LogP contribution in [0.4, 0.5) is 5.82 Å². The Labute approximate surface area is 124 Å². The van der Waals surface area contributed by atoms with Gasteiger partial charge in [-0.25, -0.2) is 9.97 Å². The van der Waals surface area contributed by atoms with E-state index in [1.165, 1.54) is 0 Å². The lowest BCUT2D eigenvalue weighted by molar-refractivity contribution is 0.415. The van der Waals surface area contributed by atoms with Crippen LogP contribution in [0.1, 0.15) is 26.5 Å². The second-order valence-electron chi connectivity index (χ2n) is 5.60. The molecule has 0 aliphatic carbocycles. The van der Waals surface area contributed by atoms with Gasteiger partial charge >= 0.3 is 0 Å². The summed E-state index contributed by atoms with van der Waals surface area (Å²) in [6, 6.07) is 7.24. The summed E-state index contributed by atoms with van der Waals surface area (Å²) < 4.78 is 5.14. The molecule has 1 aromatic heterocycles. The van der Waals surface area contributed by atoms with Gasteiger partial charge in [0.15, 0.2) is 5.82 Å². The first kappa shape index (κ1) is 14.6. The first-order chi connectivity index (χ1) is 9.31. The van der Waals surface area contributed by atoms with Crippen LogP contribution in [0.25, 0.3) is 11.4 Å². The number of ether oxygens (including phenoxy) is 1. The van der Waals surface area contributed by atoms with Gasteiger partial charge in [-0.3, -0.25) is 0 Å². The van der Waals surface area contributed by atoms with Crippen molar-refractivity contribution in [2.24, 2.45) is 0 Å². The van der Waals surface area contributed by atoms with Gasteiger partial charge in [0, 0.05) is 17.0 Å². The molecule has 0 fully saturated rings. The number of nitrogens with zero attached hydrogens (tertiary/aromatic N) is 2. The van der Waals surface area contributed by atoms with Gasteiger partial charge in [0.1, 0.15) is 11.6 Å². The van der Waals surface area contributed by atoms with Crippen LogP contribution in [0.2, 0.25) is 5.02 Å². The fourth-order valence-corrected chi connectivity index (χ4v) is 2.04. The Balaban J connectivity index is 2.53. The maximum Gasteiger partial charge on any atom is 0.161 e. The SMILES string of the molecule is COc1ccc(-c2nc(N)cc(C(C)(C)C)n2)cc1Cl. The molecule has 2 N–H and O–H groups in total. The highest BCUT2D eigenvalue weighted by Crippen LogP contribution is 2.30. The summed E-state index contributed by atoms with van der Waals surface area (Å²) in [5.74, 6) is 1.64. The highest BCUT2D eigenvalue weighted by atomic mass is 35.5. The molecule has 5 heteroatoms. The van der Waals surface area contributed by atoms with Crippen LogP contribution in [0, 0.1) is 0 Å². The van der Waals surface area contributed by atoms with E-state index in [4.69, 9.17) is 22.1 Å². The monoisotopic (exact) mass is 291 g/mol. The van der Waals surface area contributed by atoms with E-state index in [9.17, 15) is 0 Å². The molecular weight excluding hydrogens is 274 g/mol. The summed E-state index contributed by atoms with van der Waals surface area (Å²) in [6.07, 6.45) is 0. The quantitative estimate of drug-likeness (QED) is 0.917. The molecule has 2 aromatic rings. The van der Waals surface area contributed by atoms with Crippen molar-refractivity contribution in [2.45, 2.75) is 26.2 Å². The molecule has 0 aliphatic rings. The van der Waals surface area contributed by atoms with Crippen molar-refractivity contribution in [3.05, 3.63) is 35.0 Å². The van der Waals surface area contributed by atoms with Crippen molar-refractivity contribution in [1.82, 2.24) is 9.97 Å². The summed E-state index contributed by atoms with van der Waals surface area (Å²) in [5, 5.41) is 0.522. The third kappa shape index (κ3) is 3.02. The summed E-state index contributed by atoms with van der Waals surface area (Å²) in [6.45, 7) is 6.25. The minimum atomic E-state index is -0.0952. The number of nitrogen functional groups attached to an aromatic ring is 1. The number of aromatic nitrogens is 2. The van der Waals surface area contributed by atoms with Crippen LogP contribution >= 0.6 is 11.6 Å². The van der Waals surface area contributed by atoms with Crippen molar-refractivity contribution in [3.8, 4) is 17.1 Å². The highest BCUT2D eigenvalue weighted by Gasteiger charge is 2.18. The number of halogens is 1. The Hall–Kier alpha value is -1.81. The Kier molecular flexibility index (Phi) is 3.86. The van der Waals surface area contributed by atoms with Crippen molar-refractivity contribution in [1.29, 1.82) is 0 Å². The molecule has 0 saturated heterocycles. The van der Waals surface area contributed by atoms with Crippen LogP contribution < -0.4 is 10.5 Å². The van der Waals surface area contributed by atoms with Gasteiger partial charge in [-0.05, 0) is 18.2 Å². The molecule has 0 atom stereocenters. The van der Waals surface area contributed by atoms with Crippen molar-refractivity contribution < 1.29 is 4.74 Å². The molecule has 0 radical (unpaired) electrons. The third-order valence-electron chi connectivity index (χ3n) is 2.92. The first-order valence-corrected chi connectivity index (χ1v) is 6.68. The first-order valence-electron chi connectivity index (χ1n) is 6.30. The van der Waals surface area contributed by atoms with Gasteiger partial charge in [-0.1, -0.05) is 32.4 Å². The molecule has 20 heavy (non-hydrogen) atoms. The fraction of sp³-hybridized carbons (Fsp3) is 0.333. The summed E-state index contributed by atoms with van der Waals surface area (Å²) in [7, 11) is 1.58. The number of rotatable bonds is 2. The summed E-state index contributed by atoms with van der Waals surface area (Å²) in [4.78, 5) is 8.86. The number of hydrogen-bond donors (Lipinski definition) is 1. The molecule has 1 heterocycles. The minimum absolute atomic E-state index is 0.0952. The van der Waals surface area contributed by atoms with Crippen LogP contribution in [0.3, 0.4) is 0 Å². The van der Waals surface area contributed by atoms with E-state index in [-0.39, 0.29) is 5.41 Å². The number of anilines is 1. The zero-order valence-corrected chi connectivity index (χ0v) is 12.8. The standard InChI is InChI=1S/C15H18ClN3O/c1-15(2,3)12-8-13(17)19-14(18-12)9-5-6-11(20-4)10(16)7-9/h5-8H,1-4H3,(H2,17,18,19). The largest absolute Gasteiger partial charge is 0.495 e. The van der Waals surface area contributed by atoms with E-state index in [0.29, 0.717) is 22.4 Å². The lowest BCUT2D eigenvalue weighted by Gasteiger charge is -2.18. The fourth-order valence-electron chi connectivity index (χ4n) is 1.78. The molecule has 1 aromatic carbocycles. The number of nitrogens with two attached hydrogens (primary N) is 1. The van der Waals surface area contributed by atoms with E-state index in [1.54, 1.807) is 25.3 Å². The van der Waals surface area contributed by atoms with E-state index in [2.05, 4.69) is 30.7 Å². The molecule has 0 aliphatic heterocycles. The topological polar surface area (TPSA) is 61.0 Å². The van der Waals surface area contributed by atoms with E-state index < -0.39 is 0 Å². The smallest absolute Gasteiger partial charge is 0.161 e. The normalized spacial score (nSPS) is 11.4. The number of hydrogen-bond acceptors (Lipinski definition) is 4. The van der Waals surface area contributed by atoms with E-state index in [1.807, 2.05) is 6.07 Å². The lowest BCUT2D eigenvalue weighted by atomic mass is 9.92. The third-order valence-corrected chi connectivity index (χ3v) is 3.22. The summed E-state index contributed by atoms with van der Waals surface area (Å²) in [5.41, 5.74) is 7.49. The van der Waals surface area contributed by atoms with Crippen molar-refractivity contribution in [3.63, 3.8) is 0 Å². The second kappa shape index (κ2) is 5.29. The number of benzene rings is 1. The minimum Gasteiger partial charge on any atom is -0.495 e.